The molecule has 266 valence electrons. The van der Waals surface area contributed by atoms with Crippen molar-refractivity contribution in [3.8, 4) is 62.0 Å². The molecule has 0 aliphatic carbocycles. The van der Waals surface area contributed by atoms with Gasteiger partial charge < -0.3 is 4.57 Å². The summed E-state index contributed by atoms with van der Waals surface area (Å²) in [5.41, 5.74) is 14.2. The van der Waals surface area contributed by atoms with Gasteiger partial charge in [-0.3, -0.25) is 9.97 Å². The predicted molar refractivity (Wildman–Crippen MR) is 234 cm³/mol. The number of para-hydroxylation sites is 2. The topological polar surface area (TPSA) is 56.5 Å². The molecule has 0 amide bonds. The minimum Gasteiger partial charge on any atom is -0.309 e. The van der Waals surface area contributed by atoms with Crippen molar-refractivity contribution in [1.82, 2.24) is 24.5 Å². The Morgan fingerprint density at radius 1 is 0.316 bits per heavy atom. The predicted octanol–water partition coefficient (Wildman–Crippen LogP) is 13.0. The molecule has 5 aromatic heterocycles. The van der Waals surface area contributed by atoms with E-state index in [0.29, 0.717) is 0 Å². The Morgan fingerprint density at radius 3 is 1.60 bits per heavy atom. The lowest BCUT2D eigenvalue weighted by molar-refractivity contribution is 1.18. The Balaban J connectivity index is 1.08. The van der Waals surface area contributed by atoms with Crippen LogP contribution >= 0.6 is 0 Å². The standard InChI is InChI=1S/C52H33N5/c1-3-13-36(14-4-1)52-44-33-51-43(32-41(44)40-17-7-8-18-45(40)56-52)42-29-37(25-26-50(42)57(51)39-15-5-2-6-16-39)34-21-23-35(24-22-34)38-30-48(46-19-9-11-27-53-46)55-49(31-38)47-20-10-12-28-54-47/h1-33H. The van der Waals surface area contributed by atoms with Crippen LogP contribution in [0.15, 0.2) is 200 Å². The van der Waals surface area contributed by atoms with Crippen LogP contribution in [-0.4, -0.2) is 24.5 Å². The number of aromatic nitrogens is 5. The lowest BCUT2D eigenvalue weighted by Crippen LogP contribution is -1.94. The molecule has 0 radical (unpaired) electrons. The third kappa shape index (κ3) is 5.72. The molecular formula is C52H33N5. The van der Waals surface area contributed by atoms with Crippen molar-refractivity contribution < 1.29 is 0 Å². The average Bonchev–Trinajstić information content (AvgIpc) is 3.61. The van der Waals surface area contributed by atoms with Gasteiger partial charge >= 0.3 is 0 Å². The van der Waals surface area contributed by atoms with Crippen molar-refractivity contribution >= 4 is 43.5 Å². The lowest BCUT2D eigenvalue weighted by atomic mass is 9.96. The SMILES string of the molecule is c1ccc(-c2nc3ccccc3c3cc4c5cc(-c6ccc(-c7cc(-c8ccccn8)nc(-c8ccccn8)c7)cc6)ccc5n(-c5ccccc5)c4cc23)cc1. The molecule has 5 nitrogen and oxygen atoms in total. The second-order valence-corrected chi connectivity index (χ2v) is 14.3. The fourth-order valence-corrected chi connectivity index (χ4v) is 8.16. The van der Waals surface area contributed by atoms with Crippen LogP contribution in [0.3, 0.4) is 0 Å². The Kier molecular flexibility index (Phi) is 7.74. The van der Waals surface area contributed by atoms with Gasteiger partial charge in [0, 0.05) is 45.2 Å². The summed E-state index contributed by atoms with van der Waals surface area (Å²) in [6.45, 7) is 0. The minimum absolute atomic E-state index is 0.810. The van der Waals surface area contributed by atoms with E-state index in [1.807, 2.05) is 36.4 Å². The first kappa shape index (κ1) is 32.7. The van der Waals surface area contributed by atoms with Crippen molar-refractivity contribution in [2.24, 2.45) is 0 Å². The molecule has 0 spiro atoms. The summed E-state index contributed by atoms with van der Waals surface area (Å²) in [4.78, 5) is 19.4. The third-order valence-corrected chi connectivity index (χ3v) is 10.9. The lowest BCUT2D eigenvalue weighted by Gasteiger charge is -2.12. The number of pyridine rings is 4. The van der Waals surface area contributed by atoms with E-state index in [9.17, 15) is 0 Å². The molecule has 0 N–H and O–H groups in total. The molecule has 0 atom stereocenters. The van der Waals surface area contributed by atoms with Crippen LogP contribution in [-0.2, 0) is 0 Å². The van der Waals surface area contributed by atoms with Gasteiger partial charge in [0.05, 0.1) is 45.0 Å². The van der Waals surface area contributed by atoms with E-state index in [2.05, 4.69) is 166 Å². The molecule has 57 heavy (non-hydrogen) atoms. The number of hydrogen-bond donors (Lipinski definition) is 0. The molecule has 11 rings (SSSR count). The highest BCUT2D eigenvalue weighted by molar-refractivity contribution is 6.20. The van der Waals surface area contributed by atoms with E-state index >= 15 is 0 Å². The number of benzene rings is 6. The van der Waals surface area contributed by atoms with Crippen LogP contribution in [0.4, 0.5) is 0 Å². The van der Waals surface area contributed by atoms with Crippen molar-refractivity contribution in [1.29, 1.82) is 0 Å². The zero-order valence-corrected chi connectivity index (χ0v) is 30.8. The molecule has 5 heterocycles. The van der Waals surface area contributed by atoms with Crippen LogP contribution in [0, 0.1) is 0 Å². The first-order valence-corrected chi connectivity index (χ1v) is 19.1. The van der Waals surface area contributed by atoms with Crippen LogP contribution in [0.25, 0.3) is 105 Å². The fraction of sp³-hybridized carbons (Fsp3) is 0. The number of nitrogens with zero attached hydrogens (tertiary/aromatic N) is 5. The molecule has 5 heteroatoms. The van der Waals surface area contributed by atoms with Crippen LogP contribution in [0.5, 0.6) is 0 Å². The van der Waals surface area contributed by atoms with Gasteiger partial charge in [-0.05, 0) is 107 Å². The number of hydrogen-bond acceptors (Lipinski definition) is 4. The van der Waals surface area contributed by atoms with E-state index < -0.39 is 0 Å². The van der Waals surface area contributed by atoms with Gasteiger partial charge in [-0.2, -0.15) is 0 Å². The summed E-state index contributed by atoms with van der Waals surface area (Å²) in [7, 11) is 0. The van der Waals surface area contributed by atoms with Crippen LogP contribution in [0.1, 0.15) is 0 Å². The summed E-state index contributed by atoms with van der Waals surface area (Å²) in [6.07, 6.45) is 3.60. The largest absolute Gasteiger partial charge is 0.309 e. The first-order valence-electron chi connectivity index (χ1n) is 19.1. The van der Waals surface area contributed by atoms with E-state index in [1.165, 1.54) is 16.2 Å². The summed E-state index contributed by atoms with van der Waals surface area (Å²) in [6, 6.07) is 66.1. The highest BCUT2D eigenvalue weighted by Crippen LogP contribution is 2.41. The van der Waals surface area contributed by atoms with Gasteiger partial charge in [-0.25, -0.2) is 9.97 Å². The molecule has 0 saturated carbocycles. The van der Waals surface area contributed by atoms with E-state index in [4.69, 9.17) is 9.97 Å². The fourth-order valence-electron chi connectivity index (χ4n) is 8.16. The summed E-state index contributed by atoms with van der Waals surface area (Å²) in [5.74, 6) is 0. The van der Waals surface area contributed by atoms with Gasteiger partial charge in [0.15, 0.2) is 0 Å². The molecule has 0 aliphatic heterocycles. The molecule has 0 fully saturated rings. The van der Waals surface area contributed by atoms with Crippen LogP contribution < -0.4 is 0 Å². The smallest absolute Gasteiger partial charge is 0.0900 e. The molecule has 0 aliphatic rings. The van der Waals surface area contributed by atoms with Crippen LogP contribution in [0.2, 0.25) is 0 Å². The second kappa shape index (κ2) is 13.5. The Morgan fingerprint density at radius 2 is 0.912 bits per heavy atom. The van der Waals surface area contributed by atoms with E-state index in [-0.39, 0.29) is 0 Å². The summed E-state index contributed by atoms with van der Waals surface area (Å²) >= 11 is 0. The Bertz CT molecular complexity index is 3190. The molecule has 0 saturated heterocycles. The quantitative estimate of drug-likeness (QED) is 0.160. The summed E-state index contributed by atoms with van der Waals surface area (Å²) < 4.78 is 2.39. The van der Waals surface area contributed by atoms with Gasteiger partial charge in [0.1, 0.15) is 0 Å². The minimum atomic E-state index is 0.810. The van der Waals surface area contributed by atoms with Crippen molar-refractivity contribution in [3.63, 3.8) is 0 Å². The van der Waals surface area contributed by atoms with Crippen molar-refractivity contribution in [2.45, 2.75) is 0 Å². The highest BCUT2D eigenvalue weighted by Gasteiger charge is 2.18. The van der Waals surface area contributed by atoms with Gasteiger partial charge in [-0.15, -0.1) is 0 Å². The zero-order valence-electron chi connectivity index (χ0n) is 30.8. The van der Waals surface area contributed by atoms with E-state index in [0.717, 1.165) is 89.3 Å². The zero-order chi connectivity index (χ0) is 37.7. The average molecular weight is 728 g/mol. The second-order valence-electron chi connectivity index (χ2n) is 14.3. The normalized spacial score (nSPS) is 11.5. The first-order chi connectivity index (χ1) is 28.2. The number of rotatable bonds is 6. The molecule has 6 aromatic carbocycles. The summed E-state index contributed by atoms with van der Waals surface area (Å²) in [5, 5.41) is 5.89. The third-order valence-electron chi connectivity index (χ3n) is 10.9. The van der Waals surface area contributed by atoms with Gasteiger partial charge in [0.2, 0.25) is 0 Å². The van der Waals surface area contributed by atoms with Crippen molar-refractivity contribution in [3.05, 3.63) is 200 Å². The molecular weight excluding hydrogens is 695 g/mol. The number of fused-ring (bicyclic) bond motifs is 6. The van der Waals surface area contributed by atoms with Gasteiger partial charge in [0.25, 0.3) is 0 Å². The highest BCUT2D eigenvalue weighted by atomic mass is 15.0. The van der Waals surface area contributed by atoms with E-state index in [1.54, 1.807) is 12.4 Å². The van der Waals surface area contributed by atoms with Gasteiger partial charge in [-0.1, -0.05) is 109 Å². The maximum atomic E-state index is 5.24. The Labute approximate surface area is 329 Å². The molecule has 0 bridgehead atoms. The molecule has 0 unspecified atom stereocenters. The van der Waals surface area contributed by atoms with Crippen molar-refractivity contribution in [2.75, 3.05) is 0 Å². The molecule has 11 aromatic rings. The maximum Gasteiger partial charge on any atom is 0.0900 e. The maximum absolute atomic E-state index is 5.24. The monoisotopic (exact) mass is 727 g/mol. The Hall–Kier alpha value is -7.76.